The summed E-state index contributed by atoms with van der Waals surface area (Å²) in [6, 6.07) is 58.0. The summed E-state index contributed by atoms with van der Waals surface area (Å²) in [5, 5.41) is 0. The Morgan fingerprint density at radius 1 is 0.345 bits per heavy atom. The van der Waals surface area contributed by atoms with Crippen molar-refractivity contribution in [1.29, 1.82) is 0 Å². The van der Waals surface area contributed by atoms with Crippen molar-refractivity contribution in [3.8, 4) is 22.5 Å². The quantitative estimate of drug-likeness (QED) is 0.172. The highest BCUT2D eigenvalue weighted by Crippen LogP contribution is 2.63. The molecule has 55 heavy (non-hydrogen) atoms. The molecule has 4 nitrogen and oxygen atoms in total. The first-order valence-electron chi connectivity index (χ1n) is 19.0. The van der Waals surface area contributed by atoms with Gasteiger partial charge in [0.25, 0.3) is 0 Å². The highest BCUT2D eigenvalue weighted by Gasteiger charge is 2.53. The third kappa shape index (κ3) is 5.13. The number of hydrogen-bond donors (Lipinski definition) is 0. The topological polar surface area (TPSA) is 32.3 Å². The minimum absolute atomic E-state index is 0.637. The number of fused-ring (bicyclic) bond motifs is 10. The number of pyridine rings is 2. The highest BCUT2D eigenvalue weighted by atomic mass is 15.1. The van der Waals surface area contributed by atoms with Crippen LogP contribution in [0.4, 0.5) is 34.1 Å². The van der Waals surface area contributed by atoms with E-state index in [1.807, 2.05) is 12.4 Å². The monoisotopic (exact) mass is 708 g/mol. The second kappa shape index (κ2) is 12.7. The van der Waals surface area contributed by atoms with Crippen LogP contribution in [0, 0.1) is 27.7 Å². The summed E-state index contributed by atoms with van der Waals surface area (Å²) in [7, 11) is 0. The third-order valence-corrected chi connectivity index (χ3v) is 11.4. The molecule has 0 saturated heterocycles. The molecule has 2 aromatic heterocycles. The lowest BCUT2D eigenvalue weighted by molar-refractivity contribution is 0.789. The first-order chi connectivity index (χ1) is 26.9. The van der Waals surface area contributed by atoms with E-state index >= 15 is 0 Å². The van der Waals surface area contributed by atoms with Crippen LogP contribution >= 0.6 is 0 Å². The molecule has 2 aliphatic carbocycles. The van der Waals surface area contributed by atoms with Crippen LogP contribution in [-0.4, -0.2) is 9.97 Å². The van der Waals surface area contributed by atoms with Gasteiger partial charge in [-0.25, -0.2) is 0 Å². The van der Waals surface area contributed by atoms with Crippen molar-refractivity contribution >= 4 is 34.1 Å². The van der Waals surface area contributed by atoms with Crippen molar-refractivity contribution < 1.29 is 0 Å². The van der Waals surface area contributed by atoms with Gasteiger partial charge in [-0.15, -0.1) is 0 Å². The summed E-state index contributed by atoms with van der Waals surface area (Å²) in [5.41, 5.74) is 20.1. The Morgan fingerprint density at radius 2 is 0.655 bits per heavy atom. The molecule has 0 fully saturated rings. The fraction of sp³-hybridized carbons (Fsp3) is 0.0980. The fourth-order valence-corrected chi connectivity index (χ4v) is 8.77. The lowest BCUT2D eigenvalue weighted by Gasteiger charge is -2.33. The Morgan fingerprint density at radius 3 is 0.982 bits per heavy atom. The first kappa shape index (κ1) is 32.8. The van der Waals surface area contributed by atoms with E-state index in [4.69, 9.17) is 9.97 Å². The van der Waals surface area contributed by atoms with Gasteiger partial charge in [-0.05, 0) is 146 Å². The molecule has 0 radical (unpaired) electrons. The maximum Gasteiger partial charge on any atom is 0.0937 e. The number of benzene rings is 6. The molecule has 0 N–H and O–H groups in total. The van der Waals surface area contributed by atoms with Gasteiger partial charge in [0.05, 0.1) is 16.8 Å². The van der Waals surface area contributed by atoms with Gasteiger partial charge < -0.3 is 9.80 Å². The molecule has 0 saturated carbocycles. The van der Waals surface area contributed by atoms with E-state index in [1.54, 1.807) is 0 Å². The number of aromatic nitrogens is 2. The summed E-state index contributed by atoms with van der Waals surface area (Å²) in [5.74, 6) is 0. The SMILES string of the molecule is Cc1ccc(N(c2ccc(C)cc2)c2ccc3c(c2)C2(c4cc(N(c5ccc(C)cc5)c5ccc(C)cc5)ccc4-3)c3cccnc3-c3ncccc32)cc1. The summed E-state index contributed by atoms with van der Waals surface area (Å²) in [6.07, 6.45) is 3.79. The minimum atomic E-state index is -0.637. The Balaban J connectivity index is 1.25. The molecule has 0 amide bonds. The average Bonchev–Trinajstić information content (AvgIpc) is 3.68. The van der Waals surface area contributed by atoms with Crippen molar-refractivity contribution in [2.24, 2.45) is 0 Å². The summed E-state index contributed by atoms with van der Waals surface area (Å²) in [6.45, 7) is 8.56. The van der Waals surface area contributed by atoms with E-state index < -0.39 is 5.41 Å². The molecular formula is C51H40N4. The summed E-state index contributed by atoms with van der Waals surface area (Å²) in [4.78, 5) is 14.8. The molecule has 6 aromatic carbocycles. The van der Waals surface area contributed by atoms with E-state index in [-0.39, 0.29) is 0 Å². The zero-order chi connectivity index (χ0) is 37.3. The fourth-order valence-electron chi connectivity index (χ4n) is 8.77. The van der Waals surface area contributed by atoms with Crippen LogP contribution in [0.3, 0.4) is 0 Å². The van der Waals surface area contributed by atoms with Gasteiger partial charge in [-0.3, -0.25) is 9.97 Å². The van der Waals surface area contributed by atoms with Crippen molar-refractivity contribution in [3.63, 3.8) is 0 Å². The van der Waals surface area contributed by atoms with Gasteiger partial charge in [-0.2, -0.15) is 0 Å². The Kier molecular flexibility index (Phi) is 7.57. The van der Waals surface area contributed by atoms with Gasteiger partial charge in [0.1, 0.15) is 0 Å². The number of anilines is 6. The molecule has 1 spiro atoms. The van der Waals surface area contributed by atoms with Gasteiger partial charge in [0.2, 0.25) is 0 Å². The second-order valence-electron chi connectivity index (χ2n) is 15.0. The Bertz CT molecular complexity index is 2450. The van der Waals surface area contributed by atoms with E-state index in [0.29, 0.717) is 0 Å². The van der Waals surface area contributed by atoms with Crippen molar-refractivity contribution in [3.05, 3.63) is 215 Å². The standard InChI is InChI=1S/C51H40N4/c1-33-9-17-37(18-10-33)54(38-19-11-34(2)12-20-38)41-25-27-43-44-28-26-42(55(39-21-13-35(3)14-22-39)40-23-15-36(4)16-24-40)32-48(44)51(47(43)31-41)45-7-5-29-52-49(45)50-46(51)8-6-30-53-50/h5-32H,1-4H3. The van der Waals surface area contributed by atoms with E-state index in [9.17, 15) is 0 Å². The van der Waals surface area contributed by atoms with Crippen LogP contribution in [-0.2, 0) is 5.41 Å². The number of hydrogen-bond acceptors (Lipinski definition) is 4. The van der Waals surface area contributed by atoms with Gasteiger partial charge in [0, 0.05) is 46.5 Å². The molecule has 0 unspecified atom stereocenters. The van der Waals surface area contributed by atoms with Crippen LogP contribution in [0.15, 0.2) is 170 Å². The summed E-state index contributed by atoms with van der Waals surface area (Å²) >= 11 is 0. The molecule has 0 aliphatic heterocycles. The van der Waals surface area contributed by atoms with E-state index in [2.05, 4.69) is 195 Å². The Labute approximate surface area is 323 Å². The lowest BCUT2D eigenvalue weighted by Crippen LogP contribution is -2.26. The van der Waals surface area contributed by atoms with Crippen molar-refractivity contribution in [1.82, 2.24) is 9.97 Å². The molecule has 2 aliphatic rings. The molecular weight excluding hydrogens is 669 g/mol. The average molecular weight is 709 g/mol. The van der Waals surface area contributed by atoms with Crippen molar-refractivity contribution in [2.75, 3.05) is 9.80 Å². The van der Waals surface area contributed by atoms with Crippen LogP contribution in [0.1, 0.15) is 44.5 Å². The largest absolute Gasteiger partial charge is 0.310 e. The van der Waals surface area contributed by atoms with Crippen LogP contribution in [0.25, 0.3) is 22.5 Å². The molecule has 0 bridgehead atoms. The van der Waals surface area contributed by atoms with Crippen LogP contribution < -0.4 is 9.80 Å². The molecule has 264 valence electrons. The zero-order valence-corrected chi connectivity index (χ0v) is 31.5. The summed E-state index contributed by atoms with van der Waals surface area (Å²) < 4.78 is 0. The van der Waals surface area contributed by atoms with Crippen LogP contribution in [0.2, 0.25) is 0 Å². The zero-order valence-electron chi connectivity index (χ0n) is 31.5. The molecule has 10 rings (SSSR count). The highest BCUT2D eigenvalue weighted by molar-refractivity contribution is 5.96. The number of rotatable bonds is 6. The van der Waals surface area contributed by atoms with Crippen molar-refractivity contribution in [2.45, 2.75) is 33.1 Å². The molecule has 0 atom stereocenters. The lowest BCUT2D eigenvalue weighted by atomic mass is 9.71. The Hall–Kier alpha value is -6.78. The van der Waals surface area contributed by atoms with Gasteiger partial charge in [0.15, 0.2) is 0 Å². The second-order valence-corrected chi connectivity index (χ2v) is 15.0. The normalized spacial score (nSPS) is 12.9. The van der Waals surface area contributed by atoms with Gasteiger partial charge >= 0.3 is 0 Å². The predicted molar refractivity (Wildman–Crippen MR) is 227 cm³/mol. The maximum atomic E-state index is 5.02. The predicted octanol–water partition coefficient (Wildman–Crippen LogP) is 13.0. The number of nitrogens with zero attached hydrogens (tertiary/aromatic N) is 4. The number of aryl methyl sites for hydroxylation is 4. The third-order valence-electron chi connectivity index (χ3n) is 11.4. The smallest absolute Gasteiger partial charge is 0.0937 e. The van der Waals surface area contributed by atoms with Crippen LogP contribution in [0.5, 0.6) is 0 Å². The minimum Gasteiger partial charge on any atom is -0.310 e. The van der Waals surface area contributed by atoms with E-state index in [1.165, 1.54) is 44.5 Å². The van der Waals surface area contributed by atoms with E-state index in [0.717, 1.165) is 56.6 Å². The van der Waals surface area contributed by atoms with Gasteiger partial charge in [-0.1, -0.05) is 95.1 Å². The maximum absolute atomic E-state index is 5.02. The first-order valence-corrected chi connectivity index (χ1v) is 19.0. The molecule has 2 heterocycles. The molecule has 8 aromatic rings. The molecule has 4 heteroatoms.